The van der Waals surface area contributed by atoms with Gasteiger partial charge in [-0.1, -0.05) is 36.4 Å². The highest BCUT2D eigenvalue weighted by Gasteiger charge is 2.08. The van der Waals surface area contributed by atoms with Gasteiger partial charge in [-0.05, 0) is 36.6 Å². The molecular weight excluding hydrogens is 248 g/mol. The standard InChI is InChI=1S/C17H22N2O/c1-13(11-14-7-4-6-10-17(14)20-2)19-12-15-8-3-5-9-16(15)18/h3-10,13,19H,11-12,18H2,1-2H3. The monoisotopic (exact) mass is 270 g/mol. The Labute approximate surface area is 120 Å². The van der Waals surface area contributed by atoms with E-state index in [1.165, 1.54) is 5.56 Å². The molecule has 2 aromatic carbocycles. The normalized spacial score (nSPS) is 12.1. The molecule has 0 radical (unpaired) electrons. The molecule has 0 saturated carbocycles. The largest absolute Gasteiger partial charge is 0.496 e. The molecule has 0 saturated heterocycles. The van der Waals surface area contributed by atoms with Crippen LogP contribution in [0, 0.1) is 0 Å². The van der Waals surface area contributed by atoms with E-state index < -0.39 is 0 Å². The minimum absolute atomic E-state index is 0.353. The highest BCUT2D eigenvalue weighted by molar-refractivity contribution is 5.46. The molecular formula is C17H22N2O. The lowest BCUT2D eigenvalue weighted by molar-refractivity contribution is 0.406. The molecule has 0 aromatic heterocycles. The average Bonchev–Trinajstić information content (AvgIpc) is 2.47. The van der Waals surface area contributed by atoms with Crippen LogP contribution in [0.1, 0.15) is 18.1 Å². The molecule has 2 rings (SSSR count). The number of nitrogens with two attached hydrogens (primary N) is 1. The summed E-state index contributed by atoms with van der Waals surface area (Å²) in [7, 11) is 1.71. The first-order chi connectivity index (χ1) is 9.70. The molecule has 0 amide bonds. The van der Waals surface area contributed by atoms with Crippen molar-refractivity contribution < 1.29 is 4.74 Å². The summed E-state index contributed by atoms with van der Waals surface area (Å²) in [4.78, 5) is 0. The van der Waals surface area contributed by atoms with Gasteiger partial charge in [-0.15, -0.1) is 0 Å². The third kappa shape index (κ3) is 3.75. The van der Waals surface area contributed by atoms with Crippen LogP contribution in [0.3, 0.4) is 0 Å². The van der Waals surface area contributed by atoms with Crippen molar-refractivity contribution in [3.05, 3.63) is 59.7 Å². The van der Waals surface area contributed by atoms with E-state index in [4.69, 9.17) is 10.5 Å². The summed E-state index contributed by atoms with van der Waals surface area (Å²) in [6.07, 6.45) is 0.927. The van der Waals surface area contributed by atoms with Gasteiger partial charge in [0.05, 0.1) is 7.11 Å². The number of benzene rings is 2. The van der Waals surface area contributed by atoms with Gasteiger partial charge in [0.2, 0.25) is 0 Å². The average molecular weight is 270 g/mol. The lowest BCUT2D eigenvalue weighted by Gasteiger charge is -2.16. The van der Waals surface area contributed by atoms with E-state index in [0.29, 0.717) is 6.04 Å². The number of hydrogen-bond donors (Lipinski definition) is 2. The second kappa shape index (κ2) is 6.96. The summed E-state index contributed by atoms with van der Waals surface area (Å²) in [5, 5.41) is 3.50. The first kappa shape index (κ1) is 14.4. The first-order valence-corrected chi connectivity index (χ1v) is 6.89. The van der Waals surface area contributed by atoms with E-state index in [-0.39, 0.29) is 0 Å². The second-order valence-electron chi connectivity index (χ2n) is 5.00. The van der Waals surface area contributed by atoms with Crippen LogP contribution in [0.15, 0.2) is 48.5 Å². The molecule has 3 nitrogen and oxygen atoms in total. The summed E-state index contributed by atoms with van der Waals surface area (Å²) in [5.41, 5.74) is 9.14. The fourth-order valence-electron chi connectivity index (χ4n) is 2.25. The summed E-state index contributed by atoms with van der Waals surface area (Å²) in [6, 6.07) is 16.4. The molecule has 1 atom stereocenters. The first-order valence-electron chi connectivity index (χ1n) is 6.89. The molecule has 3 N–H and O–H groups in total. The van der Waals surface area contributed by atoms with Gasteiger partial charge < -0.3 is 15.8 Å². The van der Waals surface area contributed by atoms with Crippen molar-refractivity contribution in [1.82, 2.24) is 5.32 Å². The van der Waals surface area contributed by atoms with Crippen LogP contribution in [-0.4, -0.2) is 13.2 Å². The minimum atomic E-state index is 0.353. The Hall–Kier alpha value is -2.00. The lowest BCUT2D eigenvalue weighted by atomic mass is 10.1. The quantitative estimate of drug-likeness (QED) is 0.793. The summed E-state index contributed by atoms with van der Waals surface area (Å²) < 4.78 is 5.38. The summed E-state index contributed by atoms with van der Waals surface area (Å²) >= 11 is 0. The van der Waals surface area contributed by atoms with Crippen LogP contribution in [0.5, 0.6) is 5.75 Å². The number of nitrogen functional groups attached to an aromatic ring is 1. The van der Waals surface area contributed by atoms with E-state index in [0.717, 1.165) is 30.0 Å². The van der Waals surface area contributed by atoms with Crippen LogP contribution in [0.4, 0.5) is 5.69 Å². The fraction of sp³-hybridized carbons (Fsp3) is 0.294. The zero-order chi connectivity index (χ0) is 14.4. The number of ether oxygens (including phenoxy) is 1. The van der Waals surface area contributed by atoms with Crippen molar-refractivity contribution in [1.29, 1.82) is 0 Å². The predicted octanol–water partition coefficient (Wildman–Crippen LogP) is 3.00. The highest BCUT2D eigenvalue weighted by atomic mass is 16.5. The smallest absolute Gasteiger partial charge is 0.122 e. The van der Waals surface area contributed by atoms with Crippen LogP contribution in [0.25, 0.3) is 0 Å². The number of anilines is 1. The Kier molecular flexibility index (Phi) is 5.02. The Balaban J connectivity index is 1.93. The van der Waals surface area contributed by atoms with Gasteiger partial charge in [0, 0.05) is 18.3 Å². The molecule has 106 valence electrons. The summed E-state index contributed by atoms with van der Waals surface area (Å²) in [5.74, 6) is 0.945. The lowest BCUT2D eigenvalue weighted by Crippen LogP contribution is -2.28. The van der Waals surface area contributed by atoms with E-state index in [2.05, 4.69) is 24.4 Å². The molecule has 3 heteroatoms. The third-order valence-corrected chi connectivity index (χ3v) is 3.41. The highest BCUT2D eigenvalue weighted by Crippen LogP contribution is 2.19. The number of hydrogen-bond acceptors (Lipinski definition) is 3. The van der Waals surface area contributed by atoms with Gasteiger partial charge >= 0.3 is 0 Å². The number of para-hydroxylation sites is 2. The van der Waals surface area contributed by atoms with Crippen LogP contribution in [-0.2, 0) is 13.0 Å². The molecule has 0 aliphatic heterocycles. The van der Waals surface area contributed by atoms with Crippen molar-refractivity contribution in [3.63, 3.8) is 0 Å². The van der Waals surface area contributed by atoms with Crippen LogP contribution >= 0.6 is 0 Å². The molecule has 0 bridgehead atoms. The van der Waals surface area contributed by atoms with Gasteiger partial charge in [-0.25, -0.2) is 0 Å². The second-order valence-corrected chi connectivity index (χ2v) is 5.00. The van der Waals surface area contributed by atoms with Crippen LogP contribution < -0.4 is 15.8 Å². The molecule has 0 fully saturated rings. The van der Waals surface area contributed by atoms with Gasteiger partial charge in [-0.3, -0.25) is 0 Å². The Morgan fingerprint density at radius 1 is 1.05 bits per heavy atom. The fourth-order valence-corrected chi connectivity index (χ4v) is 2.25. The predicted molar refractivity (Wildman–Crippen MR) is 83.9 cm³/mol. The van der Waals surface area contributed by atoms with E-state index in [1.54, 1.807) is 7.11 Å². The maximum absolute atomic E-state index is 5.94. The molecule has 1 unspecified atom stereocenters. The maximum atomic E-state index is 5.94. The van der Waals surface area contributed by atoms with Crippen molar-refractivity contribution in [2.45, 2.75) is 25.9 Å². The molecule has 0 spiro atoms. The zero-order valence-corrected chi connectivity index (χ0v) is 12.1. The number of rotatable bonds is 6. The van der Waals surface area contributed by atoms with Crippen molar-refractivity contribution in [3.8, 4) is 5.75 Å². The maximum Gasteiger partial charge on any atom is 0.122 e. The van der Waals surface area contributed by atoms with Gasteiger partial charge in [0.15, 0.2) is 0 Å². The summed E-state index contributed by atoms with van der Waals surface area (Å²) in [6.45, 7) is 2.95. The van der Waals surface area contributed by atoms with Crippen molar-refractivity contribution in [2.75, 3.05) is 12.8 Å². The molecule has 2 aromatic rings. The van der Waals surface area contributed by atoms with Crippen molar-refractivity contribution >= 4 is 5.69 Å². The molecule has 0 aliphatic carbocycles. The molecule has 20 heavy (non-hydrogen) atoms. The number of nitrogens with one attached hydrogen (secondary N) is 1. The molecule has 0 aliphatic rings. The topological polar surface area (TPSA) is 47.3 Å². The van der Waals surface area contributed by atoms with Crippen molar-refractivity contribution in [2.24, 2.45) is 0 Å². The van der Waals surface area contributed by atoms with Gasteiger partial charge in [0.1, 0.15) is 5.75 Å². The van der Waals surface area contributed by atoms with E-state index in [9.17, 15) is 0 Å². The minimum Gasteiger partial charge on any atom is -0.496 e. The Morgan fingerprint density at radius 3 is 2.40 bits per heavy atom. The third-order valence-electron chi connectivity index (χ3n) is 3.41. The van der Waals surface area contributed by atoms with Gasteiger partial charge in [-0.2, -0.15) is 0 Å². The SMILES string of the molecule is COc1ccccc1CC(C)NCc1ccccc1N. The van der Waals surface area contributed by atoms with Gasteiger partial charge in [0.25, 0.3) is 0 Å². The van der Waals surface area contributed by atoms with Crippen LogP contribution in [0.2, 0.25) is 0 Å². The Morgan fingerprint density at radius 2 is 1.70 bits per heavy atom. The van der Waals surface area contributed by atoms with E-state index in [1.807, 2.05) is 36.4 Å². The molecule has 0 heterocycles. The number of methoxy groups -OCH3 is 1. The van der Waals surface area contributed by atoms with E-state index >= 15 is 0 Å². The Bertz CT molecular complexity index is 554. The zero-order valence-electron chi connectivity index (χ0n) is 12.1.